The van der Waals surface area contributed by atoms with Gasteiger partial charge < -0.3 is 10.5 Å². The largest absolute Gasteiger partial charge is 0.462 e. The second-order valence-electron chi connectivity index (χ2n) is 3.39. The van der Waals surface area contributed by atoms with Crippen molar-refractivity contribution in [2.24, 2.45) is 5.73 Å². The van der Waals surface area contributed by atoms with Gasteiger partial charge in [-0.1, -0.05) is 6.07 Å². The van der Waals surface area contributed by atoms with E-state index in [4.69, 9.17) is 15.7 Å². The number of benzene rings is 1. The van der Waals surface area contributed by atoms with E-state index in [1.165, 1.54) is 6.07 Å². The third-order valence-electron chi connectivity index (χ3n) is 2.39. The van der Waals surface area contributed by atoms with Crippen molar-refractivity contribution < 1.29 is 18.3 Å². The molecule has 4 nitrogen and oxygen atoms in total. The van der Waals surface area contributed by atoms with E-state index in [0.717, 1.165) is 6.07 Å². The van der Waals surface area contributed by atoms with E-state index in [-0.39, 0.29) is 35.4 Å². The molecule has 0 aliphatic heterocycles. The molecule has 0 saturated carbocycles. The highest BCUT2D eigenvalue weighted by Gasteiger charge is 2.23. The fraction of sp³-hybridized carbons (Fsp3) is 0.333. The zero-order valence-corrected chi connectivity index (χ0v) is 9.74. The first kappa shape index (κ1) is 14.1. The summed E-state index contributed by atoms with van der Waals surface area (Å²) in [6.45, 7) is 1.42. The highest BCUT2D eigenvalue weighted by atomic mass is 19.3. The second kappa shape index (κ2) is 6.07. The number of esters is 1. The molecule has 6 heteroatoms. The third-order valence-corrected chi connectivity index (χ3v) is 2.39. The Morgan fingerprint density at radius 1 is 1.56 bits per heavy atom. The molecule has 0 aliphatic rings. The number of hydrogen-bond donors (Lipinski definition) is 1. The number of hydrogen-bond acceptors (Lipinski definition) is 4. The van der Waals surface area contributed by atoms with Crippen LogP contribution in [0, 0.1) is 11.3 Å². The summed E-state index contributed by atoms with van der Waals surface area (Å²) < 4.78 is 30.3. The van der Waals surface area contributed by atoms with E-state index in [1.807, 2.05) is 0 Å². The van der Waals surface area contributed by atoms with E-state index >= 15 is 0 Å². The lowest BCUT2D eigenvalue weighted by Gasteiger charge is -2.13. The van der Waals surface area contributed by atoms with E-state index in [1.54, 1.807) is 13.0 Å². The number of halogens is 2. The summed E-state index contributed by atoms with van der Waals surface area (Å²) in [7, 11) is 0. The van der Waals surface area contributed by atoms with Gasteiger partial charge in [0.15, 0.2) is 0 Å². The lowest BCUT2D eigenvalue weighted by Crippen LogP contribution is -2.15. The molecule has 0 fully saturated rings. The highest BCUT2D eigenvalue weighted by molar-refractivity contribution is 5.94. The first-order valence-corrected chi connectivity index (χ1v) is 5.28. The highest BCUT2D eigenvalue weighted by Crippen LogP contribution is 2.28. The topological polar surface area (TPSA) is 76.1 Å². The van der Waals surface area contributed by atoms with Crippen LogP contribution in [0.5, 0.6) is 0 Å². The number of carbonyl (C=O) groups excluding carboxylic acids is 1. The number of nitriles is 1. The minimum absolute atomic E-state index is 0.0155. The number of nitrogens with two attached hydrogens (primary N) is 1. The zero-order valence-electron chi connectivity index (χ0n) is 9.74. The fourth-order valence-electron chi connectivity index (χ4n) is 1.62. The molecule has 0 bridgehead atoms. The van der Waals surface area contributed by atoms with Crippen molar-refractivity contribution >= 4 is 5.97 Å². The SMILES string of the molecule is CCOC(=O)c1c(C#N)ccc(C(F)F)c1CN. The van der Waals surface area contributed by atoms with E-state index in [9.17, 15) is 13.6 Å². The molecule has 96 valence electrons. The van der Waals surface area contributed by atoms with Crippen molar-refractivity contribution in [3.05, 3.63) is 34.4 Å². The molecule has 0 heterocycles. The van der Waals surface area contributed by atoms with Crippen LogP contribution in [0.4, 0.5) is 8.78 Å². The van der Waals surface area contributed by atoms with Crippen LogP contribution >= 0.6 is 0 Å². The lowest BCUT2D eigenvalue weighted by atomic mass is 9.96. The van der Waals surface area contributed by atoms with Crippen LogP contribution < -0.4 is 5.73 Å². The van der Waals surface area contributed by atoms with Crippen molar-refractivity contribution in [1.82, 2.24) is 0 Å². The number of nitrogens with zero attached hydrogens (tertiary/aromatic N) is 1. The minimum atomic E-state index is -2.76. The third kappa shape index (κ3) is 2.63. The van der Waals surface area contributed by atoms with Crippen molar-refractivity contribution in [2.75, 3.05) is 6.61 Å². The fourth-order valence-corrected chi connectivity index (χ4v) is 1.62. The van der Waals surface area contributed by atoms with Gasteiger partial charge in [-0.15, -0.1) is 0 Å². The Balaban J connectivity index is 3.47. The Labute approximate surface area is 103 Å². The van der Waals surface area contributed by atoms with Crippen molar-refractivity contribution in [1.29, 1.82) is 5.26 Å². The van der Waals surface area contributed by atoms with Gasteiger partial charge in [-0.3, -0.25) is 0 Å². The van der Waals surface area contributed by atoms with Crippen LogP contribution in [0.1, 0.15) is 40.4 Å². The molecule has 0 radical (unpaired) electrons. The number of rotatable bonds is 4. The summed E-state index contributed by atoms with van der Waals surface area (Å²) in [4.78, 5) is 11.7. The van der Waals surface area contributed by atoms with Gasteiger partial charge in [0.25, 0.3) is 6.43 Å². The number of ether oxygens (including phenoxy) is 1. The smallest absolute Gasteiger partial charge is 0.339 e. The molecular weight excluding hydrogens is 242 g/mol. The molecule has 0 aromatic heterocycles. The summed E-state index contributed by atoms with van der Waals surface area (Å²) in [5.41, 5.74) is 4.83. The Morgan fingerprint density at radius 2 is 2.22 bits per heavy atom. The van der Waals surface area contributed by atoms with Gasteiger partial charge >= 0.3 is 5.97 Å². The Kier molecular flexibility index (Phi) is 4.75. The molecule has 0 aliphatic carbocycles. The van der Waals surface area contributed by atoms with Gasteiger partial charge in [0.2, 0.25) is 0 Å². The first-order chi connectivity index (χ1) is 8.56. The van der Waals surface area contributed by atoms with E-state index < -0.39 is 12.4 Å². The van der Waals surface area contributed by atoms with Crippen LogP contribution in [0.3, 0.4) is 0 Å². The van der Waals surface area contributed by atoms with Crippen molar-refractivity contribution in [3.8, 4) is 6.07 Å². The van der Waals surface area contributed by atoms with E-state index in [2.05, 4.69) is 0 Å². The first-order valence-electron chi connectivity index (χ1n) is 5.28. The summed E-state index contributed by atoms with van der Waals surface area (Å²) >= 11 is 0. The number of carbonyl (C=O) groups is 1. The standard InChI is InChI=1S/C12H12F2N2O2/c1-2-18-12(17)10-7(5-15)3-4-8(11(13)14)9(10)6-16/h3-4,11H,2,6,16H2,1H3. The quantitative estimate of drug-likeness (QED) is 0.835. The van der Waals surface area contributed by atoms with Gasteiger partial charge in [-0.2, -0.15) is 5.26 Å². The van der Waals surface area contributed by atoms with Gasteiger partial charge in [-0.25, -0.2) is 13.6 Å². The van der Waals surface area contributed by atoms with Crippen molar-refractivity contribution in [3.63, 3.8) is 0 Å². The Hall–Kier alpha value is -2.00. The van der Waals surface area contributed by atoms with Crippen LogP contribution in [-0.4, -0.2) is 12.6 Å². The van der Waals surface area contributed by atoms with Crippen LogP contribution in [0.25, 0.3) is 0 Å². The molecule has 0 unspecified atom stereocenters. The zero-order chi connectivity index (χ0) is 13.7. The summed E-state index contributed by atoms with van der Waals surface area (Å²) in [6, 6.07) is 4.05. The molecule has 0 amide bonds. The van der Waals surface area contributed by atoms with Crippen molar-refractivity contribution in [2.45, 2.75) is 19.9 Å². The molecule has 0 spiro atoms. The molecule has 0 saturated heterocycles. The molecule has 0 atom stereocenters. The Bertz CT molecular complexity index is 496. The summed E-state index contributed by atoms with van der Waals surface area (Å²) in [5.74, 6) is -0.808. The maximum atomic E-state index is 12.8. The maximum Gasteiger partial charge on any atom is 0.339 e. The van der Waals surface area contributed by atoms with Crippen LogP contribution in [0.2, 0.25) is 0 Å². The normalized spacial score (nSPS) is 10.2. The molecule has 1 rings (SSSR count). The van der Waals surface area contributed by atoms with Gasteiger partial charge in [0, 0.05) is 12.1 Å². The maximum absolute atomic E-state index is 12.8. The summed E-state index contributed by atoms with van der Waals surface area (Å²) in [5, 5.41) is 8.90. The van der Waals surface area contributed by atoms with Gasteiger partial charge in [-0.05, 0) is 18.6 Å². The van der Waals surface area contributed by atoms with Gasteiger partial charge in [0.05, 0.1) is 17.7 Å². The average molecular weight is 254 g/mol. The minimum Gasteiger partial charge on any atom is -0.462 e. The van der Waals surface area contributed by atoms with Crippen LogP contribution in [0.15, 0.2) is 12.1 Å². The molecular formula is C12H12F2N2O2. The number of alkyl halides is 2. The Morgan fingerprint density at radius 3 is 2.67 bits per heavy atom. The van der Waals surface area contributed by atoms with E-state index in [0.29, 0.717) is 0 Å². The summed E-state index contributed by atoms with van der Waals surface area (Å²) in [6.07, 6.45) is -2.76. The molecule has 2 N–H and O–H groups in total. The predicted molar refractivity (Wildman–Crippen MR) is 60.0 cm³/mol. The second-order valence-corrected chi connectivity index (χ2v) is 3.39. The molecule has 1 aromatic rings. The molecule has 1 aromatic carbocycles. The van der Waals surface area contributed by atoms with Gasteiger partial charge in [0.1, 0.15) is 6.07 Å². The van der Waals surface area contributed by atoms with Crippen LogP contribution in [-0.2, 0) is 11.3 Å². The monoisotopic (exact) mass is 254 g/mol. The average Bonchev–Trinajstić information content (AvgIpc) is 2.36. The lowest BCUT2D eigenvalue weighted by molar-refractivity contribution is 0.0524. The predicted octanol–water partition coefficient (Wildman–Crippen LogP) is 2.13. The molecule has 18 heavy (non-hydrogen) atoms.